The molecule has 0 aliphatic carbocycles. The molecule has 6 nitrogen and oxygen atoms in total. The fourth-order valence-electron chi connectivity index (χ4n) is 3.81. The third-order valence-electron chi connectivity index (χ3n) is 5.30. The molecule has 8 heteroatoms. The minimum atomic E-state index is -0.519. The third kappa shape index (κ3) is 4.34. The Bertz CT molecular complexity index is 1360. The number of para-hydroxylation sites is 2. The van der Waals surface area contributed by atoms with Crippen LogP contribution >= 0.6 is 23.4 Å². The zero-order valence-electron chi connectivity index (χ0n) is 17.9. The summed E-state index contributed by atoms with van der Waals surface area (Å²) in [5.41, 5.74) is 2.42. The first-order valence-electron chi connectivity index (χ1n) is 10.6. The molecule has 3 aromatic carbocycles. The average molecular weight is 477 g/mol. The van der Waals surface area contributed by atoms with Gasteiger partial charge in [-0.25, -0.2) is 5.01 Å². The summed E-state index contributed by atoms with van der Waals surface area (Å²) in [6.45, 7) is 2.47. The van der Waals surface area contributed by atoms with Crippen molar-refractivity contribution in [2.45, 2.75) is 18.8 Å². The second kappa shape index (κ2) is 9.29. The molecule has 0 aromatic heterocycles. The van der Waals surface area contributed by atoms with E-state index in [4.69, 9.17) is 26.4 Å². The first-order valence-corrected chi connectivity index (χ1v) is 12.0. The van der Waals surface area contributed by atoms with Crippen molar-refractivity contribution in [1.29, 1.82) is 0 Å². The zero-order valence-corrected chi connectivity index (χ0v) is 19.4. The normalized spacial score (nSPS) is 16.8. The van der Waals surface area contributed by atoms with E-state index in [9.17, 15) is 4.79 Å². The largest absolute Gasteiger partial charge is 0.493 e. The molecule has 1 N–H and O–H groups in total. The maximum absolute atomic E-state index is 13.3. The zero-order chi connectivity index (χ0) is 22.8. The van der Waals surface area contributed by atoms with Crippen LogP contribution in [0.2, 0.25) is 5.02 Å². The molecule has 1 amide bonds. The predicted molar refractivity (Wildman–Crippen MR) is 131 cm³/mol. The highest BCUT2D eigenvalue weighted by Gasteiger charge is 2.35. The van der Waals surface area contributed by atoms with E-state index in [0.29, 0.717) is 28.2 Å². The lowest BCUT2D eigenvalue weighted by Crippen LogP contribution is -2.50. The highest BCUT2D eigenvalue weighted by atomic mass is 35.5. The minimum absolute atomic E-state index is 0.204. The molecule has 0 unspecified atom stereocenters. The number of rotatable bonds is 5. The number of carbonyl (C=O) groups is 1. The van der Waals surface area contributed by atoms with Gasteiger partial charge in [0.2, 0.25) is 0 Å². The van der Waals surface area contributed by atoms with Crippen LogP contribution in [0.25, 0.3) is 5.70 Å². The van der Waals surface area contributed by atoms with Gasteiger partial charge in [0.1, 0.15) is 11.4 Å². The molecule has 0 saturated carbocycles. The fraction of sp³-hybridized carbons (Fsp3) is 0.160. The quantitative estimate of drug-likeness (QED) is 0.608. The molecule has 2 aliphatic heterocycles. The topological polar surface area (TPSA) is 66.3 Å². The van der Waals surface area contributed by atoms with E-state index >= 15 is 0 Å². The second-order valence-electron chi connectivity index (χ2n) is 7.46. The molecule has 2 aliphatic rings. The van der Waals surface area contributed by atoms with E-state index < -0.39 is 6.17 Å². The number of nitrogens with one attached hydrogen (secondary N) is 1. The summed E-state index contributed by atoms with van der Waals surface area (Å²) in [5.74, 6) is 1.17. The van der Waals surface area contributed by atoms with E-state index in [2.05, 4.69) is 5.32 Å². The van der Waals surface area contributed by atoms with Crippen LogP contribution in [-0.4, -0.2) is 22.7 Å². The monoisotopic (exact) mass is 476 g/mol. The van der Waals surface area contributed by atoms with Crippen molar-refractivity contribution in [3.8, 4) is 5.75 Å². The number of hydrazone groups is 1. The number of hydrogen-bond acceptors (Lipinski definition) is 6. The number of hydrogen-bond donors (Lipinski definition) is 1. The Morgan fingerprint density at radius 1 is 1.06 bits per heavy atom. The molecule has 2 heterocycles. The molecule has 0 bridgehead atoms. The van der Waals surface area contributed by atoms with Crippen LogP contribution in [0.5, 0.6) is 5.75 Å². The summed E-state index contributed by atoms with van der Waals surface area (Å²) in [6.07, 6.45) is -0.519. The van der Waals surface area contributed by atoms with Crippen LogP contribution in [0, 0.1) is 0 Å². The van der Waals surface area contributed by atoms with Crippen LogP contribution in [0.1, 0.15) is 24.2 Å². The van der Waals surface area contributed by atoms with Crippen LogP contribution < -0.4 is 20.6 Å². The Kier molecular flexibility index (Phi) is 6.07. The van der Waals surface area contributed by atoms with E-state index in [1.165, 1.54) is 11.8 Å². The summed E-state index contributed by atoms with van der Waals surface area (Å²) >= 11 is 7.44. The Balaban J connectivity index is 1.57. The molecule has 3 aromatic rings. The molecule has 0 saturated heterocycles. The van der Waals surface area contributed by atoms with Gasteiger partial charge in [0, 0.05) is 21.6 Å². The van der Waals surface area contributed by atoms with Crippen LogP contribution in [0.4, 0.5) is 0 Å². The number of amides is 1. The number of amidine groups is 1. The first-order chi connectivity index (χ1) is 16.1. The SMILES string of the molecule is CCOc1ccccc1[C@@H]1N=c2ccccc2=C2C(=O)NC(SCc3ccc(Cl)cc3)=NN21. The maximum Gasteiger partial charge on any atom is 0.276 e. The van der Waals surface area contributed by atoms with Gasteiger partial charge in [-0.15, -0.1) is 5.10 Å². The fourth-order valence-corrected chi connectivity index (χ4v) is 4.74. The van der Waals surface area contributed by atoms with Crippen molar-refractivity contribution in [3.63, 3.8) is 0 Å². The van der Waals surface area contributed by atoms with Gasteiger partial charge in [-0.05, 0) is 36.8 Å². The van der Waals surface area contributed by atoms with Crippen molar-refractivity contribution in [2.75, 3.05) is 6.61 Å². The van der Waals surface area contributed by atoms with Crippen LogP contribution in [0.15, 0.2) is 82.9 Å². The molecule has 0 radical (unpaired) electrons. The smallest absolute Gasteiger partial charge is 0.276 e. The average Bonchev–Trinajstić information content (AvgIpc) is 2.83. The van der Waals surface area contributed by atoms with Gasteiger partial charge in [-0.3, -0.25) is 15.1 Å². The first kappa shape index (κ1) is 21.6. The molecule has 166 valence electrons. The van der Waals surface area contributed by atoms with Crippen molar-refractivity contribution < 1.29 is 9.53 Å². The summed E-state index contributed by atoms with van der Waals surface area (Å²) < 4.78 is 5.87. The van der Waals surface area contributed by atoms with E-state index in [1.54, 1.807) is 5.01 Å². The van der Waals surface area contributed by atoms with Crippen LogP contribution in [0.3, 0.4) is 0 Å². The standard InChI is InChI=1S/C25H21ClN4O2S/c1-2-32-21-10-6-4-8-19(21)23-27-20-9-5-3-7-18(20)22-24(31)28-25(29-30(22)23)33-15-16-11-13-17(26)14-12-16/h3-14,23H,2,15H2,1H3,(H,28,29,31)/t23-/m1/s1. The van der Waals surface area contributed by atoms with Crippen molar-refractivity contribution in [1.82, 2.24) is 10.3 Å². The van der Waals surface area contributed by atoms with Gasteiger partial charge in [0.15, 0.2) is 11.3 Å². The summed E-state index contributed by atoms with van der Waals surface area (Å²) in [4.78, 5) is 18.2. The number of nitrogens with zero attached hydrogens (tertiary/aromatic N) is 3. The van der Waals surface area contributed by atoms with Crippen molar-refractivity contribution >= 4 is 40.1 Å². The molecule has 0 spiro atoms. The molecular weight excluding hydrogens is 456 g/mol. The van der Waals surface area contributed by atoms with Crippen molar-refractivity contribution in [3.05, 3.63) is 99.5 Å². The molecular formula is C25H21ClN4O2S. The number of thioether (sulfide) groups is 1. The van der Waals surface area contributed by atoms with Gasteiger partial charge in [0.25, 0.3) is 5.91 Å². The van der Waals surface area contributed by atoms with E-state index in [1.807, 2.05) is 79.7 Å². The lowest BCUT2D eigenvalue weighted by molar-refractivity contribution is -0.116. The number of carbonyl (C=O) groups excluding carboxylic acids is 1. The highest BCUT2D eigenvalue weighted by molar-refractivity contribution is 8.13. The summed E-state index contributed by atoms with van der Waals surface area (Å²) in [7, 11) is 0. The van der Waals surface area contributed by atoms with Gasteiger partial charge < -0.3 is 4.74 Å². The molecule has 1 atom stereocenters. The van der Waals surface area contributed by atoms with E-state index in [-0.39, 0.29) is 5.91 Å². The van der Waals surface area contributed by atoms with Gasteiger partial charge in [-0.2, -0.15) is 0 Å². The molecule has 33 heavy (non-hydrogen) atoms. The van der Waals surface area contributed by atoms with Gasteiger partial charge in [0.05, 0.1) is 12.0 Å². The Morgan fingerprint density at radius 2 is 1.82 bits per heavy atom. The summed E-state index contributed by atoms with van der Waals surface area (Å²) in [6, 6.07) is 23.0. The Labute approximate surface area is 200 Å². The third-order valence-corrected chi connectivity index (χ3v) is 6.49. The summed E-state index contributed by atoms with van der Waals surface area (Å²) in [5, 5.41) is 12.2. The number of fused-ring (bicyclic) bond motifs is 2. The predicted octanol–water partition coefficient (Wildman–Crippen LogP) is 3.82. The van der Waals surface area contributed by atoms with Gasteiger partial charge in [-0.1, -0.05) is 71.9 Å². The van der Waals surface area contributed by atoms with Crippen LogP contribution in [-0.2, 0) is 10.5 Å². The van der Waals surface area contributed by atoms with Crippen molar-refractivity contribution in [2.24, 2.45) is 10.1 Å². The maximum atomic E-state index is 13.3. The number of halogens is 1. The number of ether oxygens (including phenoxy) is 1. The highest BCUT2D eigenvalue weighted by Crippen LogP contribution is 2.35. The Morgan fingerprint density at radius 3 is 2.64 bits per heavy atom. The minimum Gasteiger partial charge on any atom is -0.493 e. The number of benzene rings is 3. The lowest BCUT2D eigenvalue weighted by Gasteiger charge is -2.34. The Hall–Kier alpha value is -3.29. The molecule has 5 rings (SSSR count). The lowest BCUT2D eigenvalue weighted by atomic mass is 10.1. The second-order valence-corrected chi connectivity index (χ2v) is 8.86. The molecule has 0 fully saturated rings. The van der Waals surface area contributed by atoms with Gasteiger partial charge >= 0.3 is 0 Å². The van der Waals surface area contributed by atoms with E-state index in [0.717, 1.165) is 27.5 Å².